The minimum absolute atomic E-state index is 0.141. The molecule has 106 valence electrons. The second-order valence-corrected chi connectivity index (χ2v) is 5.66. The van der Waals surface area contributed by atoms with Gasteiger partial charge in [-0.25, -0.2) is 8.42 Å². The number of benzene rings is 2. The number of nitrogens with one attached hydrogen (secondary N) is 2. The summed E-state index contributed by atoms with van der Waals surface area (Å²) in [5, 5.41) is 0. The molecule has 2 rings (SSSR count). The molecule has 0 fully saturated rings. The lowest BCUT2D eigenvalue weighted by Gasteiger charge is -2.11. The Kier molecular flexibility index (Phi) is 4.11. The van der Waals surface area contributed by atoms with Gasteiger partial charge in [0.05, 0.1) is 17.7 Å². The predicted molar refractivity (Wildman–Crippen MR) is 78.1 cm³/mol. The minimum atomic E-state index is -3.67. The van der Waals surface area contributed by atoms with E-state index in [0.717, 1.165) is 0 Å². The van der Waals surface area contributed by atoms with Crippen molar-refractivity contribution in [3.63, 3.8) is 0 Å². The van der Waals surface area contributed by atoms with E-state index in [1.54, 1.807) is 36.4 Å². The third-order valence-electron chi connectivity index (χ3n) is 2.68. The summed E-state index contributed by atoms with van der Waals surface area (Å²) in [6.07, 6.45) is 0. The van der Waals surface area contributed by atoms with Gasteiger partial charge in [0.15, 0.2) is 0 Å². The molecule has 20 heavy (non-hydrogen) atoms. The van der Waals surface area contributed by atoms with Crippen molar-refractivity contribution in [2.45, 2.75) is 4.90 Å². The molecular weight excluding hydrogens is 278 g/mol. The van der Waals surface area contributed by atoms with Crippen LogP contribution in [0.4, 0.5) is 11.4 Å². The molecule has 7 heteroatoms. The lowest BCUT2D eigenvalue weighted by Crippen LogP contribution is -2.14. The van der Waals surface area contributed by atoms with Crippen LogP contribution in [0.3, 0.4) is 0 Å². The number of hydrogen-bond acceptors (Lipinski definition) is 5. The molecule has 6 nitrogen and oxygen atoms in total. The topological polar surface area (TPSA) is 93.4 Å². The fourth-order valence-corrected chi connectivity index (χ4v) is 2.73. The van der Waals surface area contributed by atoms with E-state index in [1.807, 2.05) is 0 Å². The van der Waals surface area contributed by atoms with Gasteiger partial charge in [0, 0.05) is 5.69 Å². The first-order valence-electron chi connectivity index (χ1n) is 5.79. The maximum absolute atomic E-state index is 12.3. The van der Waals surface area contributed by atoms with Crippen LogP contribution >= 0.6 is 0 Å². The SMILES string of the molecule is COc1ccccc1NS(=O)(=O)c1ccc(NN)cc1. The number of hydrogen-bond donors (Lipinski definition) is 3. The number of rotatable bonds is 5. The molecule has 0 aromatic heterocycles. The Labute approximate surface area is 117 Å². The molecule has 0 aliphatic heterocycles. The molecule has 0 saturated heterocycles. The van der Waals surface area contributed by atoms with E-state index in [4.69, 9.17) is 10.6 Å². The molecular formula is C13H15N3O3S. The van der Waals surface area contributed by atoms with E-state index >= 15 is 0 Å². The van der Waals surface area contributed by atoms with Crippen LogP contribution in [0.15, 0.2) is 53.4 Å². The van der Waals surface area contributed by atoms with Gasteiger partial charge in [0.25, 0.3) is 10.0 Å². The molecule has 0 amide bonds. The van der Waals surface area contributed by atoms with Crippen LogP contribution < -0.4 is 20.7 Å². The summed E-state index contributed by atoms with van der Waals surface area (Å²) in [7, 11) is -2.19. The van der Waals surface area contributed by atoms with Crippen molar-refractivity contribution < 1.29 is 13.2 Å². The van der Waals surface area contributed by atoms with Crippen LogP contribution in [-0.4, -0.2) is 15.5 Å². The van der Waals surface area contributed by atoms with Crippen LogP contribution in [0.1, 0.15) is 0 Å². The standard InChI is InChI=1S/C13H15N3O3S/c1-19-13-5-3-2-4-12(13)16-20(17,18)11-8-6-10(15-14)7-9-11/h2-9,15-16H,14H2,1H3. The number of methoxy groups -OCH3 is 1. The Balaban J connectivity index is 2.30. The molecule has 2 aromatic carbocycles. The van der Waals surface area contributed by atoms with Crippen molar-refractivity contribution in [2.75, 3.05) is 17.3 Å². The monoisotopic (exact) mass is 293 g/mol. The summed E-state index contributed by atoms with van der Waals surface area (Å²) >= 11 is 0. The van der Waals surface area contributed by atoms with Crippen molar-refractivity contribution in [3.05, 3.63) is 48.5 Å². The largest absolute Gasteiger partial charge is 0.495 e. The van der Waals surface area contributed by atoms with Crippen molar-refractivity contribution in [1.29, 1.82) is 0 Å². The molecule has 2 aromatic rings. The summed E-state index contributed by atoms with van der Waals surface area (Å²) in [4.78, 5) is 0.141. The highest BCUT2D eigenvalue weighted by Gasteiger charge is 2.15. The Hall–Kier alpha value is -2.25. The molecule has 0 aliphatic rings. The molecule has 0 saturated carbocycles. The highest BCUT2D eigenvalue weighted by atomic mass is 32.2. The Morgan fingerprint density at radius 3 is 2.30 bits per heavy atom. The van der Waals surface area contributed by atoms with Crippen molar-refractivity contribution in [3.8, 4) is 5.75 Å². The molecule has 0 unspecified atom stereocenters. The number of nitrogens with two attached hydrogens (primary N) is 1. The summed E-state index contributed by atoms with van der Waals surface area (Å²) < 4.78 is 32.1. The second-order valence-electron chi connectivity index (χ2n) is 3.97. The van der Waals surface area contributed by atoms with Gasteiger partial charge >= 0.3 is 0 Å². The van der Waals surface area contributed by atoms with Gasteiger partial charge in [-0.3, -0.25) is 10.6 Å². The fraction of sp³-hybridized carbons (Fsp3) is 0.0769. The van der Waals surface area contributed by atoms with Gasteiger partial charge < -0.3 is 10.2 Å². The Bertz CT molecular complexity index is 684. The molecule has 0 spiro atoms. The number of sulfonamides is 1. The highest BCUT2D eigenvalue weighted by molar-refractivity contribution is 7.92. The van der Waals surface area contributed by atoms with Gasteiger partial charge in [-0.2, -0.15) is 0 Å². The lowest BCUT2D eigenvalue weighted by atomic mass is 10.3. The first-order chi connectivity index (χ1) is 9.56. The van der Waals surface area contributed by atoms with E-state index in [9.17, 15) is 8.42 Å². The van der Waals surface area contributed by atoms with Crippen LogP contribution in [0.2, 0.25) is 0 Å². The van der Waals surface area contributed by atoms with Gasteiger partial charge in [-0.15, -0.1) is 0 Å². The van der Waals surface area contributed by atoms with Crippen LogP contribution in [-0.2, 0) is 10.0 Å². The van der Waals surface area contributed by atoms with Crippen LogP contribution in [0.25, 0.3) is 0 Å². The predicted octanol–water partition coefficient (Wildman–Crippen LogP) is 1.78. The van der Waals surface area contributed by atoms with Crippen LogP contribution in [0, 0.1) is 0 Å². The zero-order valence-electron chi connectivity index (χ0n) is 10.8. The average molecular weight is 293 g/mol. The lowest BCUT2D eigenvalue weighted by molar-refractivity contribution is 0.417. The first kappa shape index (κ1) is 14.2. The third kappa shape index (κ3) is 3.01. The average Bonchev–Trinajstić information content (AvgIpc) is 2.47. The van der Waals surface area contributed by atoms with E-state index in [1.165, 1.54) is 19.2 Å². The van der Waals surface area contributed by atoms with Gasteiger partial charge in [0.2, 0.25) is 0 Å². The van der Waals surface area contributed by atoms with Crippen molar-refractivity contribution >= 4 is 21.4 Å². The third-order valence-corrected chi connectivity index (χ3v) is 4.06. The first-order valence-corrected chi connectivity index (χ1v) is 7.27. The second kappa shape index (κ2) is 5.81. The maximum Gasteiger partial charge on any atom is 0.262 e. The molecule has 0 radical (unpaired) electrons. The number of hydrazine groups is 1. The van der Waals surface area contributed by atoms with E-state index in [-0.39, 0.29) is 4.90 Å². The molecule has 0 heterocycles. The maximum atomic E-state index is 12.3. The summed E-state index contributed by atoms with van der Waals surface area (Å²) in [5.41, 5.74) is 3.45. The number of ether oxygens (including phenoxy) is 1. The smallest absolute Gasteiger partial charge is 0.262 e. The molecule has 4 N–H and O–H groups in total. The van der Waals surface area contributed by atoms with Gasteiger partial charge in [0.1, 0.15) is 5.75 Å². The fourth-order valence-electron chi connectivity index (χ4n) is 1.66. The van der Waals surface area contributed by atoms with E-state index < -0.39 is 10.0 Å². The van der Waals surface area contributed by atoms with E-state index in [0.29, 0.717) is 17.1 Å². The number of nitrogen functional groups attached to an aromatic ring is 1. The zero-order valence-corrected chi connectivity index (χ0v) is 11.6. The number of para-hydroxylation sites is 2. The van der Waals surface area contributed by atoms with Gasteiger partial charge in [-0.05, 0) is 36.4 Å². The summed E-state index contributed by atoms with van der Waals surface area (Å²) in [5.74, 6) is 5.69. The Morgan fingerprint density at radius 2 is 1.70 bits per heavy atom. The molecule has 0 aliphatic carbocycles. The Morgan fingerprint density at radius 1 is 1.05 bits per heavy atom. The minimum Gasteiger partial charge on any atom is -0.495 e. The zero-order chi connectivity index (χ0) is 14.6. The van der Waals surface area contributed by atoms with Crippen LogP contribution in [0.5, 0.6) is 5.75 Å². The molecule has 0 atom stereocenters. The number of anilines is 2. The summed E-state index contributed by atoms with van der Waals surface area (Å²) in [6, 6.07) is 12.9. The van der Waals surface area contributed by atoms with Crippen molar-refractivity contribution in [1.82, 2.24) is 0 Å². The van der Waals surface area contributed by atoms with Gasteiger partial charge in [-0.1, -0.05) is 12.1 Å². The highest BCUT2D eigenvalue weighted by Crippen LogP contribution is 2.26. The van der Waals surface area contributed by atoms with E-state index in [2.05, 4.69) is 10.1 Å². The van der Waals surface area contributed by atoms with Crippen molar-refractivity contribution in [2.24, 2.45) is 5.84 Å². The summed E-state index contributed by atoms with van der Waals surface area (Å²) in [6.45, 7) is 0. The quantitative estimate of drug-likeness (QED) is 0.577. The normalized spacial score (nSPS) is 10.9. The molecule has 0 bridgehead atoms.